The Labute approximate surface area is 141 Å². The van der Waals surface area contributed by atoms with Gasteiger partial charge in [0.05, 0.1) is 41.5 Å². The quantitative estimate of drug-likeness (QED) is 0.784. The van der Waals surface area contributed by atoms with E-state index in [1.165, 1.54) is 0 Å². The van der Waals surface area contributed by atoms with E-state index in [0.717, 1.165) is 12.0 Å². The predicted octanol–water partition coefficient (Wildman–Crippen LogP) is 2.81. The SMILES string of the molecule is Clc1cc2[nH]c(OC3CO[C@@H]4CCO[C@H]34)nc2nc1-c1ccoc1. The molecule has 0 spiro atoms. The number of hydrogen-bond donors (Lipinski definition) is 1. The topological polar surface area (TPSA) is 82.4 Å². The summed E-state index contributed by atoms with van der Waals surface area (Å²) in [6.45, 7) is 1.21. The van der Waals surface area contributed by atoms with Crippen LogP contribution < -0.4 is 4.74 Å². The van der Waals surface area contributed by atoms with E-state index >= 15 is 0 Å². The molecule has 3 aromatic rings. The van der Waals surface area contributed by atoms with Gasteiger partial charge in [0.15, 0.2) is 11.8 Å². The van der Waals surface area contributed by atoms with Crippen LogP contribution in [0.4, 0.5) is 0 Å². The van der Waals surface area contributed by atoms with E-state index in [0.29, 0.717) is 41.1 Å². The molecule has 0 aromatic carbocycles. The van der Waals surface area contributed by atoms with E-state index in [9.17, 15) is 0 Å². The van der Waals surface area contributed by atoms with Gasteiger partial charge in [0.2, 0.25) is 0 Å². The van der Waals surface area contributed by atoms with Gasteiger partial charge >= 0.3 is 0 Å². The monoisotopic (exact) mass is 347 g/mol. The standard InChI is InChI=1S/C16H14ClN3O4/c17-9-5-10-15(19-13(9)8-1-3-21-6-8)20-16(18-10)24-12-7-23-11-2-4-22-14(11)12/h1,3,5-6,11-12,14H,2,4,7H2,(H,18,19,20)/t11-,12?,14+/m1/s1. The van der Waals surface area contributed by atoms with E-state index in [1.54, 1.807) is 24.7 Å². The highest BCUT2D eigenvalue weighted by atomic mass is 35.5. The molecular weight excluding hydrogens is 334 g/mol. The molecular formula is C16H14ClN3O4. The molecule has 0 saturated carbocycles. The minimum absolute atomic E-state index is 0.0312. The number of nitrogens with zero attached hydrogens (tertiary/aromatic N) is 2. The molecule has 124 valence electrons. The summed E-state index contributed by atoms with van der Waals surface area (Å²) in [6, 6.07) is 3.98. The molecule has 24 heavy (non-hydrogen) atoms. The molecule has 1 unspecified atom stereocenters. The lowest BCUT2D eigenvalue weighted by Gasteiger charge is -2.15. The summed E-state index contributed by atoms with van der Waals surface area (Å²) in [7, 11) is 0. The maximum absolute atomic E-state index is 6.31. The first-order valence-corrected chi connectivity index (χ1v) is 8.14. The third-order valence-corrected chi connectivity index (χ3v) is 4.67. The number of fused-ring (bicyclic) bond motifs is 2. The number of rotatable bonds is 3. The van der Waals surface area contributed by atoms with Gasteiger partial charge in [0.1, 0.15) is 6.10 Å². The maximum Gasteiger partial charge on any atom is 0.296 e. The third kappa shape index (κ3) is 2.28. The average molecular weight is 348 g/mol. The molecule has 0 radical (unpaired) electrons. The van der Waals surface area contributed by atoms with Gasteiger partial charge in [-0.3, -0.25) is 0 Å². The summed E-state index contributed by atoms with van der Waals surface area (Å²) in [5, 5.41) is 0.516. The Morgan fingerprint density at radius 1 is 1.29 bits per heavy atom. The van der Waals surface area contributed by atoms with Crippen LogP contribution in [0.5, 0.6) is 6.01 Å². The molecule has 3 aromatic heterocycles. The normalized spacial score (nSPS) is 26.1. The number of pyridine rings is 1. The number of nitrogens with one attached hydrogen (secondary N) is 1. The van der Waals surface area contributed by atoms with Gasteiger partial charge in [0.25, 0.3) is 6.01 Å². The molecule has 0 bridgehead atoms. The molecule has 3 atom stereocenters. The van der Waals surface area contributed by atoms with Crippen LogP contribution in [0, 0.1) is 0 Å². The molecule has 2 fully saturated rings. The van der Waals surface area contributed by atoms with Crippen LogP contribution in [0.2, 0.25) is 5.02 Å². The van der Waals surface area contributed by atoms with Gasteiger partial charge in [-0.05, 0) is 18.6 Å². The summed E-state index contributed by atoms with van der Waals surface area (Å²) in [5.74, 6) is 0. The fourth-order valence-corrected chi connectivity index (χ4v) is 3.49. The second kappa shape index (κ2) is 5.47. The number of hydrogen-bond acceptors (Lipinski definition) is 6. The van der Waals surface area contributed by atoms with E-state index in [2.05, 4.69) is 15.0 Å². The fraction of sp³-hybridized carbons (Fsp3) is 0.375. The molecule has 2 saturated heterocycles. The van der Waals surface area contributed by atoms with Gasteiger partial charge in [-0.15, -0.1) is 0 Å². The summed E-state index contributed by atoms with van der Waals surface area (Å²) < 4.78 is 22.4. The van der Waals surface area contributed by atoms with Crippen molar-refractivity contribution in [2.45, 2.75) is 24.7 Å². The van der Waals surface area contributed by atoms with Gasteiger partial charge in [-0.2, -0.15) is 4.98 Å². The third-order valence-electron chi connectivity index (χ3n) is 4.38. The molecule has 5 heterocycles. The molecule has 0 amide bonds. The van der Waals surface area contributed by atoms with E-state index in [4.69, 9.17) is 30.2 Å². The van der Waals surface area contributed by atoms with Crippen molar-refractivity contribution in [3.63, 3.8) is 0 Å². The highest BCUT2D eigenvalue weighted by Crippen LogP contribution is 2.31. The highest BCUT2D eigenvalue weighted by molar-refractivity contribution is 6.33. The molecule has 2 aliphatic rings. The maximum atomic E-state index is 6.31. The first-order chi connectivity index (χ1) is 11.8. The smallest absolute Gasteiger partial charge is 0.296 e. The lowest BCUT2D eigenvalue weighted by atomic mass is 10.1. The number of aromatic amines is 1. The highest BCUT2D eigenvalue weighted by Gasteiger charge is 2.43. The number of H-pyrrole nitrogens is 1. The van der Waals surface area contributed by atoms with Crippen LogP contribution in [0.15, 0.2) is 29.1 Å². The first-order valence-electron chi connectivity index (χ1n) is 7.76. The van der Waals surface area contributed by atoms with Crippen molar-refractivity contribution in [3.8, 4) is 17.3 Å². The first kappa shape index (κ1) is 14.3. The average Bonchev–Trinajstić information content (AvgIpc) is 3.31. The molecule has 7 nitrogen and oxygen atoms in total. The minimum Gasteiger partial charge on any atom is -0.472 e. The summed E-state index contributed by atoms with van der Waals surface area (Å²) >= 11 is 6.31. The van der Waals surface area contributed by atoms with Crippen LogP contribution in [0.1, 0.15) is 6.42 Å². The van der Waals surface area contributed by atoms with Crippen LogP contribution in [0.25, 0.3) is 22.4 Å². The van der Waals surface area contributed by atoms with Crippen molar-refractivity contribution in [1.82, 2.24) is 15.0 Å². The second-order valence-corrected chi connectivity index (χ2v) is 6.30. The van der Waals surface area contributed by atoms with Crippen LogP contribution in [-0.2, 0) is 9.47 Å². The van der Waals surface area contributed by atoms with E-state index in [1.807, 2.05) is 0 Å². The minimum atomic E-state index is -0.165. The van der Waals surface area contributed by atoms with Crippen molar-refractivity contribution in [1.29, 1.82) is 0 Å². The largest absolute Gasteiger partial charge is 0.472 e. The van der Waals surface area contributed by atoms with E-state index in [-0.39, 0.29) is 18.3 Å². The lowest BCUT2D eigenvalue weighted by molar-refractivity contribution is 0.0273. The Bertz CT molecular complexity index is 879. The Hall–Kier alpha value is -2.09. The Morgan fingerprint density at radius 2 is 2.25 bits per heavy atom. The van der Waals surface area contributed by atoms with Crippen molar-refractivity contribution in [2.75, 3.05) is 13.2 Å². The summed E-state index contributed by atoms with van der Waals surface area (Å²) in [4.78, 5) is 12.0. The summed E-state index contributed by atoms with van der Waals surface area (Å²) in [5.41, 5.74) is 2.68. The Morgan fingerprint density at radius 3 is 3.12 bits per heavy atom. The zero-order chi connectivity index (χ0) is 16.1. The summed E-state index contributed by atoms with van der Waals surface area (Å²) in [6.07, 6.45) is 4.01. The van der Waals surface area contributed by atoms with E-state index < -0.39 is 0 Å². The van der Waals surface area contributed by atoms with Crippen molar-refractivity contribution in [2.24, 2.45) is 0 Å². The molecule has 0 aliphatic carbocycles. The number of furan rings is 1. The molecule has 2 aliphatic heterocycles. The zero-order valence-electron chi connectivity index (χ0n) is 12.6. The Kier molecular flexibility index (Phi) is 3.26. The number of halogens is 1. The molecule has 8 heteroatoms. The zero-order valence-corrected chi connectivity index (χ0v) is 13.3. The van der Waals surface area contributed by atoms with Crippen molar-refractivity contribution >= 4 is 22.8 Å². The van der Waals surface area contributed by atoms with Gasteiger partial charge in [0, 0.05) is 12.2 Å². The fourth-order valence-electron chi connectivity index (χ4n) is 3.23. The number of imidazole rings is 1. The van der Waals surface area contributed by atoms with Gasteiger partial charge in [-0.25, -0.2) is 4.98 Å². The number of ether oxygens (including phenoxy) is 3. The molecule has 5 rings (SSSR count). The van der Waals surface area contributed by atoms with Crippen LogP contribution in [-0.4, -0.2) is 46.5 Å². The van der Waals surface area contributed by atoms with Gasteiger partial charge in [-0.1, -0.05) is 11.6 Å². The van der Waals surface area contributed by atoms with Crippen LogP contribution >= 0.6 is 11.6 Å². The van der Waals surface area contributed by atoms with Gasteiger partial charge < -0.3 is 23.6 Å². The van der Waals surface area contributed by atoms with Crippen molar-refractivity contribution in [3.05, 3.63) is 29.7 Å². The Balaban J connectivity index is 1.45. The number of aromatic nitrogens is 3. The molecule has 1 N–H and O–H groups in total. The van der Waals surface area contributed by atoms with Crippen LogP contribution in [0.3, 0.4) is 0 Å². The lowest BCUT2D eigenvalue weighted by Crippen LogP contribution is -2.32. The predicted molar refractivity (Wildman–Crippen MR) is 85.1 cm³/mol. The van der Waals surface area contributed by atoms with Crippen molar-refractivity contribution < 1.29 is 18.6 Å². The second-order valence-electron chi connectivity index (χ2n) is 5.90.